The zero-order chi connectivity index (χ0) is 22.9. The molecule has 1 aliphatic rings. The lowest BCUT2D eigenvalue weighted by Crippen LogP contribution is -2.39. The number of piperidine rings is 1. The van der Waals surface area contributed by atoms with Crippen LogP contribution in [0.1, 0.15) is 48.9 Å². The van der Waals surface area contributed by atoms with Gasteiger partial charge in [0.25, 0.3) is 0 Å². The van der Waals surface area contributed by atoms with E-state index in [1.165, 1.54) is 0 Å². The molecule has 4 aromatic rings. The van der Waals surface area contributed by atoms with Crippen LogP contribution >= 0.6 is 0 Å². The molecular weight excluding hydrogens is 416 g/mol. The molecule has 0 amide bonds. The Labute approximate surface area is 192 Å². The van der Waals surface area contributed by atoms with Gasteiger partial charge >= 0.3 is 0 Å². The summed E-state index contributed by atoms with van der Waals surface area (Å²) in [6.07, 6.45) is 9.41. The van der Waals surface area contributed by atoms with E-state index in [2.05, 4.69) is 44.1 Å². The van der Waals surface area contributed by atoms with Gasteiger partial charge in [-0.1, -0.05) is 17.3 Å². The van der Waals surface area contributed by atoms with Crippen molar-refractivity contribution in [2.24, 2.45) is 7.05 Å². The highest BCUT2D eigenvalue weighted by atomic mass is 16.1. The molecule has 0 atom stereocenters. The molecule has 0 aliphatic carbocycles. The predicted molar refractivity (Wildman–Crippen MR) is 125 cm³/mol. The summed E-state index contributed by atoms with van der Waals surface area (Å²) in [5, 5.41) is 13.6. The Kier molecular flexibility index (Phi) is 5.72. The van der Waals surface area contributed by atoms with Crippen LogP contribution in [-0.4, -0.2) is 64.6 Å². The molecule has 0 radical (unpaired) electrons. The highest BCUT2D eigenvalue weighted by Crippen LogP contribution is 2.24. The fraction of sp³-hybridized carbons (Fsp3) is 0.417. The van der Waals surface area contributed by atoms with Gasteiger partial charge in [0, 0.05) is 49.5 Å². The molecule has 0 unspecified atom stereocenters. The molecule has 1 aliphatic heterocycles. The zero-order valence-corrected chi connectivity index (χ0v) is 19.2. The summed E-state index contributed by atoms with van der Waals surface area (Å²) in [5.41, 5.74) is 3.10. The van der Waals surface area contributed by atoms with Crippen molar-refractivity contribution in [3.05, 3.63) is 54.4 Å². The fourth-order valence-corrected chi connectivity index (χ4v) is 4.38. The molecule has 0 bridgehead atoms. The number of likely N-dealkylation sites (tertiary alicyclic amines) is 1. The first-order chi connectivity index (χ1) is 16.0. The molecule has 3 aromatic heterocycles. The minimum absolute atomic E-state index is 0.0229. The van der Waals surface area contributed by atoms with Gasteiger partial charge in [0.2, 0.25) is 0 Å². The Morgan fingerprint density at radius 2 is 1.97 bits per heavy atom. The second kappa shape index (κ2) is 8.82. The van der Waals surface area contributed by atoms with Crippen molar-refractivity contribution in [1.82, 2.24) is 39.6 Å². The Hall–Kier alpha value is -3.46. The van der Waals surface area contributed by atoms with Gasteiger partial charge in [0.15, 0.2) is 5.78 Å². The van der Waals surface area contributed by atoms with Gasteiger partial charge in [-0.15, -0.1) is 5.10 Å². The van der Waals surface area contributed by atoms with Crippen molar-refractivity contribution >= 4 is 16.7 Å². The third-order valence-electron chi connectivity index (χ3n) is 6.38. The van der Waals surface area contributed by atoms with Crippen LogP contribution in [0, 0.1) is 0 Å². The molecule has 33 heavy (non-hydrogen) atoms. The first-order valence-electron chi connectivity index (χ1n) is 11.4. The number of rotatable bonds is 6. The van der Waals surface area contributed by atoms with Crippen molar-refractivity contribution < 1.29 is 4.79 Å². The number of aromatic nitrogens is 7. The molecule has 0 N–H and O–H groups in total. The summed E-state index contributed by atoms with van der Waals surface area (Å²) in [6.45, 7) is 6.59. The van der Waals surface area contributed by atoms with Gasteiger partial charge in [0.1, 0.15) is 11.5 Å². The van der Waals surface area contributed by atoms with Gasteiger partial charge in [-0.25, -0.2) is 9.97 Å². The Balaban J connectivity index is 1.29. The molecule has 5 rings (SSSR count). The molecule has 9 heteroatoms. The summed E-state index contributed by atoms with van der Waals surface area (Å²) in [5.74, 6) is 0.479. The number of hydrogen-bond acceptors (Lipinski definition) is 7. The molecule has 9 nitrogen and oxygen atoms in total. The van der Waals surface area contributed by atoms with Gasteiger partial charge in [0.05, 0.1) is 35.9 Å². The molecule has 1 fully saturated rings. The lowest BCUT2D eigenvalue weighted by Gasteiger charge is -2.34. The topological polar surface area (TPSA) is 94.6 Å². The van der Waals surface area contributed by atoms with E-state index in [0.717, 1.165) is 48.1 Å². The third kappa shape index (κ3) is 4.54. The number of hydrogen-bond donors (Lipinski definition) is 0. The zero-order valence-electron chi connectivity index (χ0n) is 19.2. The van der Waals surface area contributed by atoms with Crippen molar-refractivity contribution in [2.45, 2.75) is 45.2 Å². The number of Topliss-reactive ketones (excluding diaryl/α,β-unsaturated/α-hetero) is 1. The van der Waals surface area contributed by atoms with E-state index in [1.807, 2.05) is 42.3 Å². The number of fused-ring (bicyclic) bond motifs is 1. The number of ketones is 1. The van der Waals surface area contributed by atoms with E-state index >= 15 is 0 Å². The van der Waals surface area contributed by atoms with E-state index in [4.69, 9.17) is 0 Å². The minimum atomic E-state index is -0.0229. The maximum Gasteiger partial charge on any atom is 0.173 e. The number of benzene rings is 1. The first-order valence-corrected chi connectivity index (χ1v) is 11.4. The maximum absolute atomic E-state index is 12.9. The molecule has 1 saturated heterocycles. The van der Waals surface area contributed by atoms with Crippen LogP contribution in [0.2, 0.25) is 0 Å². The minimum Gasteiger partial charge on any atom is -0.301 e. The molecular formula is C24H28N8O. The Morgan fingerprint density at radius 3 is 2.70 bits per heavy atom. The van der Waals surface area contributed by atoms with Gasteiger partial charge in [-0.2, -0.15) is 5.10 Å². The van der Waals surface area contributed by atoms with Crippen molar-refractivity contribution in [2.75, 3.05) is 13.1 Å². The van der Waals surface area contributed by atoms with Crippen LogP contribution in [0.25, 0.3) is 22.2 Å². The molecule has 1 aromatic carbocycles. The predicted octanol–water partition coefficient (Wildman–Crippen LogP) is 3.09. The second-order valence-electron chi connectivity index (χ2n) is 9.01. The summed E-state index contributed by atoms with van der Waals surface area (Å²) in [7, 11) is 1.83. The van der Waals surface area contributed by atoms with Crippen LogP contribution in [0.3, 0.4) is 0 Å². The highest BCUT2D eigenvalue weighted by Gasteiger charge is 2.23. The average molecular weight is 445 g/mol. The lowest BCUT2D eigenvalue weighted by molar-refractivity contribution is 0.0990. The largest absolute Gasteiger partial charge is 0.301 e. The van der Waals surface area contributed by atoms with E-state index in [9.17, 15) is 4.79 Å². The van der Waals surface area contributed by atoms with Crippen molar-refractivity contribution in [1.29, 1.82) is 0 Å². The molecule has 0 spiro atoms. The first kappa shape index (κ1) is 21.4. The van der Waals surface area contributed by atoms with Gasteiger partial charge in [-0.05, 0) is 32.8 Å². The molecule has 4 heterocycles. The van der Waals surface area contributed by atoms with Crippen molar-refractivity contribution in [3.63, 3.8) is 0 Å². The normalized spacial score (nSPS) is 15.5. The number of carbonyl (C=O) groups is 1. The summed E-state index contributed by atoms with van der Waals surface area (Å²) in [6, 6.07) is 6.80. The van der Waals surface area contributed by atoms with Crippen LogP contribution < -0.4 is 0 Å². The quantitative estimate of drug-likeness (QED) is 0.422. The van der Waals surface area contributed by atoms with Crippen LogP contribution in [-0.2, 0) is 13.5 Å². The van der Waals surface area contributed by atoms with Crippen LogP contribution in [0.15, 0.2) is 43.0 Å². The summed E-state index contributed by atoms with van der Waals surface area (Å²) in [4.78, 5) is 24.4. The smallest absolute Gasteiger partial charge is 0.173 e. The van der Waals surface area contributed by atoms with E-state index in [1.54, 1.807) is 17.1 Å². The molecule has 170 valence electrons. The Morgan fingerprint density at radius 1 is 1.15 bits per heavy atom. The molecule has 0 saturated carbocycles. The number of carbonyl (C=O) groups excluding carboxylic acids is 1. The average Bonchev–Trinajstić information content (AvgIpc) is 3.48. The fourth-order valence-electron chi connectivity index (χ4n) is 4.38. The standard InChI is InChI=1S/C24H28N8O/c1-16(2)31-8-6-20(7-9-31)32-14-19(13-26-32)23(33)11-24-25-12-18-5-4-17(10-21(18)27-24)22-15-30(3)29-28-22/h4-5,10,12-16,20H,6-9,11H2,1-3H3. The monoisotopic (exact) mass is 444 g/mol. The summed E-state index contributed by atoms with van der Waals surface area (Å²) < 4.78 is 3.62. The van der Waals surface area contributed by atoms with E-state index < -0.39 is 0 Å². The van der Waals surface area contributed by atoms with E-state index in [0.29, 0.717) is 23.5 Å². The summed E-state index contributed by atoms with van der Waals surface area (Å²) >= 11 is 0. The maximum atomic E-state index is 12.9. The van der Waals surface area contributed by atoms with Crippen molar-refractivity contribution in [3.8, 4) is 11.3 Å². The van der Waals surface area contributed by atoms with E-state index in [-0.39, 0.29) is 12.2 Å². The number of nitrogens with zero attached hydrogens (tertiary/aromatic N) is 8. The lowest BCUT2D eigenvalue weighted by atomic mass is 10.0. The Bertz CT molecular complexity index is 1280. The van der Waals surface area contributed by atoms with Crippen LogP contribution in [0.5, 0.6) is 0 Å². The van der Waals surface area contributed by atoms with Gasteiger partial charge in [-0.3, -0.25) is 14.2 Å². The SMILES string of the molecule is CC(C)N1CCC(n2cc(C(=O)Cc3ncc4ccc(-c5cn(C)nn5)cc4n3)cn2)CC1. The van der Waals surface area contributed by atoms with Crippen LogP contribution in [0.4, 0.5) is 0 Å². The number of aryl methyl sites for hydroxylation is 1. The second-order valence-corrected chi connectivity index (χ2v) is 9.01. The van der Waals surface area contributed by atoms with Gasteiger partial charge < -0.3 is 4.90 Å². The third-order valence-corrected chi connectivity index (χ3v) is 6.38. The highest BCUT2D eigenvalue weighted by molar-refractivity contribution is 5.97.